The number of unbranched alkanes of at least 4 members (excludes halogenated alkanes) is 1. The number of nitriles is 1. The minimum Gasteiger partial charge on any atom is -0.357 e. The lowest BCUT2D eigenvalue weighted by Crippen LogP contribution is -2.29. The summed E-state index contributed by atoms with van der Waals surface area (Å²) in [5.74, 6) is 0.716. The molecule has 2 N–H and O–H groups in total. The highest BCUT2D eigenvalue weighted by Crippen LogP contribution is 2.37. The highest BCUT2D eigenvalue weighted by atomic mass is 19.4. The summed E-state index contributed by atoms with van der Waals surface area (Å²) < 4.78 is 38.5. The minimum absolute atomic E-state index is 0.0791. The average Bonchev–Trinajstić information content (AvgIpc) is 3.23. The number of aromatic amines is 1. The summed E-state index contributed by atoms with van der Waals surface area (Å²) in [5.41, 5.74) is -1.83. The van der Waals surface area contributed by atoms with Crippen LogP contribution >= 0.6 is 0 Å². The second-order valence-corrected chi connectivity index (χ2v) is 8.16. The second-order valence-electron chi connectivity index (χ2n) is 8.16. The van der Waals surface area contributed by atoms with Crippen LogP contribution in [0.1, 0.15) is 81.3 Å². The fourth-order valence-electron chi connectivity index (χ4n) is 3.80. The van der Waals surface area contributed by atoms with Crippen molar-refractivity contribution in [2.75, 3.05) is 18.0 Å². The predicted molar refractivity (Wildman–Crippen MR) is 126 cm³/mol. The van der Waals surface area contributed by atoms with E-state index in [9.17, 15) is 22.8 Å². The van der Waals surface area contributed by atoms with Crippen molar-refractivity contribution in [3.05, 3.63) is 51.1 Å². The van der Waals surface area contributed by atoms with Gasteiger partial charge in [0.2, 0.25) is 5.91 Å². The van der Waals surface area contributed by atoms with E-state index in [-0.39, 0.29) is 30.0 Å². The van der Waals surface area contributed by atoms with E-state index in [1.165, 1.54) is 12.8 Å². The van der Waals surface area contributed by atoms with E-state index in [1.807, 2.05) is 17.2 Å². The number of pyridine rings is 1. The van der Waals surface area contributed by atoms with E-state index in [0.29, 0.717) is 12.0 Å². The predicted octanol–water partition coefficient (Wildman–Crippen LogP) is 4.27. The third-order valence-electron chi connectivity index (χ3n) is 5.54. The quantitative estimate of drug-likeness (QED) is 0.569. The molecule has 2 aromatic rings. The van der Waals surface area contributed by atoms with Crippen LogP contribution in [-0.2, 0) is 17.4 Å². The number of halogens is 3. The van der Waals surface area contributed by atoms with E-state index in [0.717, 1.165) is 25.3 Å². The highest BCUT2D eigenvalue weighted by Gasteiger charge is 2.41. The summed E-state index contributed by atoms with van der Waals surface area (Å²) in [7, 11) is 0. The Hall–Kier alpha value is -3.42. The normalized spacial score (nSPS) is 14.4. The van der Waals surface area contributed by atoms with Gasteiger partial charge in [0, 0.05) is 25.7 Å². The smallest absolute Gasteiger partial charge is 0.357 e. The van der Waals surface area contributed by atoms with Crippen molar-refractivity contribution in [2.24, 2.45) is 0 Å². The topological polar surface area (TPSA) is 115 Å². The number of carbonyl (C=O) groups excluding carboxylic acids is 1. The summed E-state index contributed by atoms with van der Waals surface area (Å²) in [6, 6.07) is 5.28. The van der Waals surface area contributed by atoms with E-state index in [4.69, 9.17) is 5.26 Å². The molecule has 35 heavy (non-hydrogen) atoms. The molecule has 0 aliphatic heterocycles. The Morgan fingerprint density at radius 3 is 2.54 bits per heavy atom. The fourth-order valence-corrected chi connectivity index (χ4v) is 3.80. The number of H-pyrrole nitrogens is 1. The van der Waals surface area contributed by atoms with Crippen LogP contribution in [0.4, 0.5) is 19.0 Å². The summed E-state index contributed by atoms with van der Waals surface area (Å²) >= 11 is 0. The Morgan fingerprint density at radius 2 is 2.00 bits per heavy atom. The molecule has 0 aromatic carbocycles. The van der Waals surface area contributed by atoms with Gasteiger partial charge in [-0.2, -0.15) is 23.5 Å². The molecule has 0 bridgehead atoms. The highest BCUT2D eigenvalue weighted by molar-refractivity contribution is 5.76. The Bertz CT molecular complexity index is 1080. The SMILES string of the molecule is CCC(=O)NC1CCc2c1n[nH]c(=O)c2C(F)(F)F.CCCCN(CCC)c1ccc(C#N)cn1. The summed E-state index contributed by atoms with van der Waals surface area (Å²) in [6.45, 7) is 8.08. The van der Waals surface area contributed by atoms with Gasteiger partial charge in [-0.05, 0) is 43.4 Å². The van der Waals surface area contributed by atoms with Crippen LogP contribution in [0, 0.1) is 11.3 Å². The standard InChI is InChI=1S/C13H19N3.C11H12F3N3O2/c1-3-5-9-16(8-4-2)13-7-6-12(10-14)11-15-13;1-2-7(18)15-6-4-3-5-8(11(12,13)14)10(19)17-16-9(5)6/h6-7,11H,3-5,8-9H2,1-2H3;6H,2-4H2,1H3,(H,15,18)(H,17,19). The van der Waals surface area contributed by atoms with Crippen molar-refractivity contribution in [2.45, 2.75) is 71.5 Å². The number of fused-ring (bicyclic) bond motifs is 1. The van der Waals surface area contributed by atoms with Gasteiger partial charge in [-0.25, -0.2) is 10.1 Å². The number of alkyl halides is 3. The molecule has 11 heteroatoms. The molecule has 0 spiro atoms. The number of amides is 1. The van der Waals surface area contributed by atoms with Gasteiger partial charge in [-0.1, -0.05) is 27.2 Å². The van der Waals surface area contributed by atoms with Crippen molar-refractivity contribution < 1.29 is 18.0 Å². The molecule has 0 radical (unpaired) electrons. The summed E-state index contributed by atoms with van der Waals surface area (Å²) in [5, 5.41) is 16.8. The molecule has 1 atom stereocenters. The van der Waals surface area contributed by atoms with Crippen molar-refractivity contribution in [3.8, 4) is 6.07 Å². The van der Waals surface area contributed by atoms with E-state index < -0.39 is 23.3 Å². The zero-order valence-electron chi connectivity index (χ0n) is 20.2. The molecule has 8 nitrogen and oxygen atoms in total. The summed E-state index contributed by atoms with van der Waals surface area (Å²) in [4.78, 5) is 29.2. The van der Waals surface area contributed by atoms with Crippen LogP contribution in [0.3, 0.4) is 0 Å². The van der Waals surface area contributed by atoms with Crippen LogP contribution in [0.2, 0.25) is 0 Å². The molecule has 1 aliphatic carbocycles. The van der Waals surface area contributed by atoms with Crippen LogP contribution < -0.4 is 15.8 Å². The molecule has 1 unspecified atom stereocenters. The molecular weight excluding hydrogens is 461 g/mol. The number of hydrogen-bond donors (Lipinski definition) is 2. The maximum absolute atomic E-state index is 12.8. The van der Waals surface area contributed by atoms with E-state index in [2.05, 4.69) is 40.2 Å². The second kappa shape index (κ2) is 12.9. The zero-order chi connectivity index (χ0) is 26.0. The van der Waals surface area contributed by atoms with Crippen LogP contribution in [0.5, 0.6) is 0 Å². The number of carbonyl (C=O) groups is 1. The van der Waals surface area contributed by atoms with Crippen LogP contribution in [0.15, 0.2) is 23.1 Å². The number of anilines is 1. The van der Waals surface area contributed by atoms with Gasteiger partial charge in [-0.15, -0.1) is 0 Å². The third kappa shape index (κ3) is 7.53. The molecule has 0 saturated carbocycles. The van der Waals surface area contributed by atoms with Crippen LogP contribution in [-0.4, -0.2) is 34.2 Å². The first-order valence-corrected chi connectivity index (χ1v) is 11.7. The lowest BCUT2D eigenvalue weighted by molar-refractivity contribution is -0.139. The number of nitrogens with one attached hydrogen (secondary N) is 2. The molecule has 190 valence electrons. The number of rotatable bonds is 8. The lowest BCUT2D eigenvalue weighted by Gasteiger charge is -2.22. The van der Waals surface area contributed by atoms with Crippen molar-refractivity contribution in [1.29, 1.82) is 5.26 Å². The number of aromatic nitrogens is 3. The first-order valence-electron chi connectivity index (χ1n) is 11.7. The van der Waals surface area contributed by atoms with E-state index in [1.54, 1.807) is 13.1 Å². The Kier molecular flexibility index (Phi) is 10.2. The molecule has 0 saturated heterocycles. The lowest BCUT2D eigenvalue weighted by atomic mass is 10.1. The first-order chi connectivity index (χ1) is 16.7. The van der Waals surface area contributed by atoms with Gasteiger partial charge in [0.25, 0.3) is 5.56 Å². The minimum atomic E-state index is -4.72. The Morgan fingerprint density at radius 1 is 1.26 bits per heavy atom. The van der Waals surface area contributed by atoms with Gasteiger partial charge in [0.1, 0.15) is 17.5 Å². The molecule has 2 aromatic heterocycles. The monoisotopic (exact) mass is 492 g/mol. The number of nitrogens with zero attached hydrogens (tertiary/aromatic N) is 4. The van der Waals surface area contributed by atoms with Gasteiger partial charge in [0.05, 0.1) is 17.3 Å². The number of hydrogen-bond acceptors (Lipinski definition) is 6. The average molecular weight is 493 g/mol. The largest absolute Gasteiger partial charge is 0.422 e. The zero-order valence-corrected chi connectivity index (χ0v) is 20.2. The van der Waals surface area contributed by atoms with E-state index >= 15 is 0 Å². The van der Waals surface area contributed by atoms with Gasteiger partial charge < -0.3 is 10.2 Å². The van der Waals surface area contributed by atoms with Crippen molar-refractivity contribution in [1.82, 2.24) is 20.5 Å². The third-order valence-corrected chi connectivity index (χ3v) is 5.54. The Labute approximate surface area is 202 Å². The van der Waals surface area contributed by atoms with Gasteiger partial charge >= 0.3 is 6.18 Å². The molecule has 1 amide bonds. The van der Waals surface area contributed by atoms with Crippen molar-refractivity contribution in [3.63, 3.8) is 0 Å². The maximum atomic E-state index is 12.8. The molecule has 2 heterocycles. The fraction of sp³-hybridized carbons (Fsp3) is 0.542. The maximum Gasteiger partial charge on any atom is 0.422 e. The molecule has 3 rings (SSSR count). The first kappa shape index (κ1) is 27.8. The van der Waals surface area contributed by atoms with Crippen LogP contribution in [0.25, 0.3) is 0 Å². The van der Waals surface area contributed by atoms with Gasteiger partial charge in [-0.3, -0.25) is 9.59 Å². The molecule has 1 aliphatic rings. The van der Waals surface area contributed by atoms with Crippen molar-refractivity contribution >= 4 is 11.7 Å². The molecular formula is C24H31F3N6O2. The Balaban J connectivity index is 0.000000251. The molecule has 0 fully saturated rings. The van der Waals surface area contributed by atoms with Gasteiger partial charge in [0.15, 0.2) is 0 Å². The summed E-state index contributed by atoms with van der Waals surface area (Å²) in [6.07, 6.45) is 1.04.